The number of hydrogen-bond donors (Lipinski definition) is 2. The second-order valence-corrected chi connectivity index (χ2v) is 6.13. The molecule has 1 aromatic carbocycles. The molecule has 0 heterocycles. The van der Waals surface area contributed by atoms with Crippen LogP contribution in [0.15, 0.2) is 24.3 Å². The number of benzene rings is 1. The molecule has 0 aliphatic heterocycles. The molecular weight excluding hydrogens is 312 g/mol. The SMILES string of the molecule is CC(C)(C)OCCC(NC(=O)COc1ccc(C#N)cc1)C(=O)O. The van der Waals surface area contributed by atoms with E-state index in [1.165, 1.54) is 0 Å². The monoisotopic (exact) mass is 334 g/mol. The molecular formula is C17H22N2O5. The van der Waals surface area contributed by atoms with E-state index >= 15 is 0 Å². The lowest BCUT2D eigenvalue weighted by Crippen LogP contribution is -2.44. The maximum Gasteiger partial charge on any atom is 0.326 e. The minimum atomic E-state index is -1.13. The standard InChI is InChI=1S/C17H22N2O5/c1-17(2,3)24-9-8-14(16(21)22)19-15(20)11-23-13-6-4-12(10-18)5-7-13/h4-7,14H,8-9,11H2,1-3H3,(H,19,20)(H,21,22). The van der Waals surface area contributed by atoms with Crippen LogP contribution in [-0.2, 0) is 14.3 Å². The van der Waals surface area contributed by atoms with E-state index in [2.05, 4.69) is 5.32 Å². The van der Waals surface area contributed by atoms with Crippen molar-refractivity contribution >= 4 is 11.9 Å². The van der Waals surface area contributed by atoms with Gasteiger partial charge in [0.2, 0.25) is 0 Å². The third-order valence-corrected chi connectivity index (χ3v) is 2.93. The van der Waals surface area contributed by atoms with Crippen LogP contribution in [0.1, 0.15) is 32.8 Å². The van der Waals surface area contributed by atoms with Crippen molar-refractivity contribution in [3.05, 3.63) is 29.8 Å². The first-order valence-electron chi connectivity index (χ1n) is 7.50. The van der Waals surface area contributed by atoms with Gasteiger partial charge in [0.15, 0.2) is 6.61 Å². The Morgan fingerprint density at radius 1 is 1.29 bits per heavy atom. The highest BCUT2D eigenvalue weighted by molar-refractivity contribution is 5.84. The molecule has 7 nitrogen and oxygen atoms in total. The summed E-state index contributed by atoms with van der Waals surface area (Å²) in [5.74, 6) is -1.24. The van der Waals surface area contributed by atoms with Crippen LogP contribution in [0.25, 0.3) is 0 Å². The van der Waals surface area contributed by atoms with Crippen LogP contribution in [0.3, 0.4) is 0 Å². The Morgan fingerprint density at radius 3 is 2.42 bits per heavy atom. The van der Waals surface area contributed by atoms with Crippen molar-refractivity contribution in [3.8, 4) is 11.8 Å². The number of nitrogens with one attached hydrogen (secondary N) is 1. The number of aliphatic carboxylic acids is 1. The minimum absolute atomic E-state index is 0.162. The van der Waals surface area contributed by atoms with Gasteiger partial charge in [0.25, 0.3) is 5.91 Å². The molecule has 0 bridgehead atoms. The summed E-state index contributed by atoms with van der Waals surface area (Å²) in [7, 11) is 0. The van der Waals surface area contributed by atoms with Gasteiger partial charge < -0.3 is 19.9 Å². The average Bonchev–Trinajstić information content (AvgIpc) is 2.51. The molecule has 1 aromatic rings. The van der Waals surface area contributed by atoms with Crippen molar-refractivity contribution in [1.82, 2.24) is 5.32 Å². The van der Waals surface area contributed by atoms with Gasteiger partial charge in [-0.05, 0) is 45.0 Å². The Morgan fingerprint density at radius 2 is 1.92 bits per heavy atom. The maximum absolute atomic E-state index is 11.8. The summed E-state index contributed by atoms with van der Waals surface area (Å²) >= 11 is 0. The summed E-state index contributed by atoms with van der Waals surface area (Å²) in [5, 5.41) is 20.3. The largest absolute Gasteiger partial charge is 0.484 e. The highest BCUT2D eigenvalue weighted by atomic mass is 16.5. The number of ether oxygens (including phenoxy) is 2. The van der Waals surface area contributed by atoms with E-state index in [0.717, 1.165) is 0 Å². The molecule has 0 aromatic heterocycles. The fraction of sp³-hybridized carbons (Fsp3) is 0.471. The molecule has 1 rings (SSSR count). The third kappa shape index (κ3) is 7.61. The van der Waals surface area contributed by atoms with E-state index in [1.807, 2.05) is 26.8 Å². The summed E-state index contributed by atoms with van der Waals surface area (Å²) in [6.07, 6.45) is 0.162. The number of amides is 1. The summed E-state index contributed by atoms with van der Waals surface area (Å²) in [4.78, 5) is 23.0. The number of carbonyl (C=O) groups excluding carboxylic acids is 1. The molecule has 1 unspecified atom stereocenters. The molecule has 0 saturated carbocycles. The van der Waals surface area contributed by atoms with Crippen LogP contribution in [0.5, 0.6) is 5.75 Å². The fourth-order valence-electron chi connectivity index (χ4n) is 1.75. The van der Waals surface area contributed by atoms with Gasteiger partial charge >= 0.3 is 5.97 Å². The number of rotatable bonds is 8. The van der Waals surface area contributed by atoms with Gasteiger partial charge in [-0.25, -0.2) is 4.79 Å². The quantitative estimate of drug-likeness (QED) is 0.749. The predicted octanol–water partition coefficient (Wildman–Crippen LogP) is 1.71. The van der Waals surface area contributed by atoms with Crippen LogP contribution < -0.4 is 10.1 Å². The molecule has 130 valence electrons. The van der Waals surface area contributed by atoms with E-state index < -0.39 is 17.9 Å². The number of nitrogens with zero attached hydrogens (tertiary/aromatic N) is 1. The summed E-state index contributed by atoms with van der Waals surface area (Å²) < 4.78 is 10.7. The van der Waals surface area contributed by atoms with Crippen LogP contribution >= 0.6 is 0 Å². The average molecular weight is 334 g/mol. The maximum atomic E-state index is 11.8. The van der Waals surface area contributed by atoms with Crippen LogP contribution in [-0.4, -0.2) is 41.8 Å². The molecule has 2 N–H and O–H groups in total. The Labute approximate surface area is 141 Å². The van der Waals surface area contributed by atoms with Gasteiger partial charge in [-0.1, -0.05) is 0 Å². The zero-order chi connectivity index (χ0) is 18.2. The molecule has 0 spiro atoms. The van der Waals surface area contributed by atoms with Gasteiger partial charge in [-0.15, -0.1) is 0 Å². The number of nitriles is 1. The van der Waals surface area contributed by atoms with Crippen molar-refractivity contribution in [1.29, 1.82) is 5.26 Å². The van der Waals surface area contributed by atoms with Crippen LogP contribution in [0.4, 0.5) is 0 Å². The molecule has 7 heteroatoms. The molecule has 0 radical (unpaired) electrons. The van der Waals surface area contributed by atoms with Gasteiger partial charge in [0.1, 0.15) is 11.8 Å². The minimum Gasteiger partial charge on any atom is -0.484 e. The first-order valence-corrected chi connectivity index (χ1v) is 7.50. The zero-order valence-electron chi connectivity index (χ0n) is 14.0. The lowest BCUT2D eigenvalue weighted by atomic mass is 10.2. The summed E-state index contributed by atoms with van der Waals surface area (Å²) in [6.45, 7) is 5.51. The molecule has 0 aliphatic rings. The number of carboxylic acids is 1. The topological polar surface area (TPSA) is 109 Å². The third-order valence-electron chi connectivity index (χ3n) is 2.93. The van der Waals surface area contributed by atoms with Crippen molar-refractivity contribution in [2.45, 2.75) is 38.8 Å². The molecule has 1 amide bonds. The molecule has 0 aliphatic carbocycles. The van der Waals surface area contributed by atoms with E-state index in [-0.39, 0.29) is 25.2 Å². The van der Waals surface area contributed by atoms with E-state index in [9.17, 15) is 9.59 Å². The number of carboxylic acid groups (broad SMARTS) is 1. The van der Waals surface area contributed by atoms with Crippen LogP contribution in [0.2, 0.25) is 0 Å². The lowest BCUT2D eigenvalue weighted by molar-refractivity contribution is -0.143. The lowest BCUT2D eigenvalue weighted by Gasteiger charge is -2.21. The molecule has 1 atom stereocenters. The highest BCUT2D eigenvalue weighted by Gasteiger charge is 2.21. The van der Waals surface area contributed by atoms with Gasteiger partial charge in [0, 0.05) is 13.0 Å². The first kappa shape index (κ1) is 19.5. The summed E-state index contributed by atoms with van der Waals surface area (Å²) in [5.41, 5.74) is 0.114. The number of hydrogen-bond acceptors (Lipinski definition) is 5. The van der Waals surface area contributed by atoms with Crippen molar-refractivity contribution < 1.29 is 24.2 Å². The van der Waals surface area contributed by atoms with Crippen molar-refractivity contribution in [2.24, 2.45) is 0 Å². The second kappa shape index (κ2) is 8.89. The zero-order valence-corrected chi connectivity index (χ0v) is 14.0. The molecule has 0 saturated heterocycles. The Hall–Kier alpha value is -2.59. The van der Waals surface area contributed by atoms with E-state index in [1.54, 1.807) is 24.3 Å². The van der Waals surface area contributed by atoms with Gasteiger partial charge in [0.05, 0.1) is 17.2 Å². The molecule has 24 heavy (non-hydrogen) atoms. The Bertz CT molecular complexity index is 599. The van der Waals surface area contributed by atoms with Gasteiger partial charge in [-0.3, -0.25) is 4.79 Å². The van der Waals surface area contributed by atoms with Gasteiger partial charge in [-0.2, -0.15) is 5.26 Å². The van der Waals surface area contributed by atoms with E-state index in [4.69, 9.17) is 19.8 Å². The first-order chi connectivity index (χ1) is 11.2. The predicted molar refractivity (Wildman–Crippen MR) is 86.5 cm³/mol. The normalized spacial score (nSPS) is 12.1. The van der Waals surface area contributed by atoms with Crippen LogP contribution in [0, 0.1) is 11.3 Å². The Balaban J connectivity index is 2.44. The van der Waals surface area contributed by atoms with Crippen molar-refractivity contribution in [3.63, 3.8) is 0 Å². The number of carbonyl (C=O) groups is 2. The smallest absolute Gasteiger partial charge is 0.326 e. The second-order valence-electron chi connectivity index (χ2n) is 6.13. The molecule has 0 fully saturated rings. The summed E-state index contributed by atoms with van der Waals surface area (Å²) in [6, 6.07) is 7.21. The fourth-order valence-corrected chi connectivity index (χ4v) is 1.75. The highest BCUT2D eigenvalue weighted by Crippen LogP contribution is 2.11. The van der Waals surface area contributed by atoms with E-state index in [0.29, 0.717) is 11.3 Å². The van der Waals surface area contributed by atoms with Crippen molar-refractivity contribution in [2.75, 3.05) is 13.2 Å². The Kier molecular flexibility index (Phi) is 7.21.